The lowest BCUT2D eigenvalue weighted by Crippen LogP contribution is -2.29. The molecule has 4 heteroatoms. The van der Waals surface area contributed by atoms with Crippen molar-refractivity contribution in [3.63, 3.8) is 0 Å². The number of aryl methyl sites for hydroxylation is 2. The molecule has 0 radical (unpaired) electrons. The van der Waals surface area contributed by atoms with Crippen LogP contribution in [0.3, 0.4) is 0 Å². The summed E-state index contributed by atoms with van der Waals surface area (Å²) >= 11 is 0. The van der Waals surface area contributed by atoms with Crippen molar-refractivity contribution in [1.29, 1.82) is 0 Å². The summed E-state index contributed by atoms with van der Waals surface area (Å²) in [6.45, 7) is 6.46. The van der Waals surface area contributed by atoms with E-state index in [0.29, 0.717) is 0 Å². The summed E-state index contributed by atoms with van der Waals surface area (Å²) in [4.78, 5) is 0. The van der Waals surface area contributed by atoms with E-state index in [0.717, 1.165) is 25.5 Å². The summed E-state index contributed by atoms with van der Waals surface area (Å²) in [6.07, 6.45) is 0. The minimum absolute atomic E-state index is 0.263. The van der Waals surface area contributed by atoms with Crippen LogP contribution in [0, 0.1) is 13.8 Å². The van der Waals surface area contributed by atoms with E-state index in [-0.39, 0.29) is 6.04 Å². The van der Waals surface area contributed by atoms with E-state index in [1.807, 2.05) is 11.7 Å². The van der Waals surface area contributed by atoms with Crippen LogP contribution < -0.4 is 5.32 Å². The molecule has 1 aromatic heterocycles. The third kappa shape index (κ3) is 2.37. The number of benzene rings is 1. The second-order valence-electron chi connectivity index (χ2n) is 5.42. The number of fused-ring (bicyclic) bond motifs is 1. The lowest BCUT2D eigenvalue weighted by Gasteiger charge is -2.26. The maximum absolute atomic E-state index is 5.68. The van der Waals surface area contributed by atoms with Gasteiger partial charge in [0.25, 0.3) is 0 Å². The first-order valence-electron chi connectivity index (χ1n) is 7.05. The quantitative estimate of drug-likeness (QED) is 0.931. The lowest BCUT2D eigenvalue weighted by molar-refractivity contribution is 0.0816. The topological polar surface area (TPSA) is 39.1 Å². The van der Waals surface area contributed by atoms with Crippen molar-refractivity contribution in [3.05, 3.63) is 52.3 Å². The lowest BCUT2D eigenvalue weighted by atomic mass is 9.99. The Kier molecular flexibility index (Phi) is 3.59. The van der Waals surface area contributed by atoms with Crippen molar-refractivity contribution in [3.8, 4) is 0 Å². The van der Waals surface area contributed by atoms with Crippen LogP contribution in [-0.4, -0.2) is 16.4 Å². The van der Waals surface area contributed by atoms with Crippen molar-refractivity contribution < 1.29 is 4.74 Å². The number of hydrogen-bond donors (Lipinski definition) is 1. The van der Waals surface area contributed by atoms with E-state index in [1.54, 1.807) is 0 Å². The molecule has 0 saturated carbocycles. The van der Waals surface area contributed by atoms with Gasteiger partial charge in [-0.3, -0.25) is 4.68 Å². The molecular weight excluding hydrogens is 250 g/mol. The Bertz CT molecular complexity index is 618. The molecule has 20 heavy (non-hydrogen) atoms. The van der Waals surface area contributed by atoms with Crippen LogP contribution in [0.15, 0.2) is 24.3 Å². The van der Waals surface area contributed by atoms with E-state index >= 15 is 0 Å². The van der Waals surface area contributed by atoms with Gasteiger partial charge in [0.05, 0.1) is 24.9 Å². The van der Waals surface area contributed by atoms with Gasteiger partial charge in [-0.25, -0.2) is 0 Å². The number of nitrogens with zero attached hydrogens (tertiary/aromatic N) is 2. The van der Waals surface area contributed by atoms with Crippen molar-refractivity contribution in [2.45, 2.75) is 33.0 Å². The third-order valence-electron chi connectivity index (χ3n) is 4.16. The van der Waals surface area contributed by atoms with Gasteiger partial charge >= 0.3 is 0 Å². The zero-order valence-corrected chi connectivity index (χ0v) is 12.3. The Labute approximate surface area is 119 Å². The fourth-order valence-corrected chi connectivity index (χ4v) is 2.85. The van der Waals surface area contributed by atoms with E-state index in [2.05, 4.69) is 48.5 Å². The SMILES string of the molecule is Cc1nn(C)c(C)c1CNC1COCc2ccccc21. The molecule has 2 aromatic rings. The van der Waals surface area contributed by atoms with Crippen LogP contribution in [0.1, 0.15) is 34.1 Å². The highest BCUT2D eigenvalue weighted by Gasteiger charge is 2.20. The van der Waals surface area contributed by atoms with Crippen molar-refractivity contribution in [1.82, 2.24) is 15.1 Å². The molecule has 0 amide bonds. The van der Waals surface area contributed by atoms with Crippen LogP contribution in [0.2, 0.25) is 0 Å². The molecule has 0 saturated heterocycles. The van der Waals surface area contributed by atoms with E-state index in [1.165, 1.54) is 22.4 Å². The van der Waals surface area contributed by atoms with Gasteiger partial charge in [0.1, 0.15) is 0 Å². The molecule has 1 aromatic carbocycles. The van der Waals surface area contributed by atoms with Crippen LogP contribution >= 0.6 is 0 Å². The Morgan fingerprint density at radius 1 is 1.35 bits per heavy atom. The molecule has 1 unspecified atom stereocenters. The Hall–Kier alpha value is -1.65. The third-order valence-corrected chi connectivity index (χ3v) is 4.16. The molecule has 106 valence electrons. The summed E-state index contributed by atoms with van der Waals surface area (Å²) in [7, 11) is 1.99. The summed E-state index contributed by atoms with van der Waals surface area (Å²) in [5, 5.41) is 8.07. The van der Waals surface area contributed by atoms with Crippen molar-refractivity contribution >= 4 is 0 Å². The maximum Gasteiger partial charge on any atom is 0.0721 e. The number of ether oxygens (including phenoxy) is 1. The highest BCUT2D eigenvalue weighted by Crippen LogP contribution is 2.25. The fraction of sp³-hybridized carbons (Fsp3) is 0.438. The number of rotatable bonds is 3. The molecule has 1 N–H and O–H groups in total. The molecule has 1 aliphatic rings. The monoisotopic (exact) mass is 271 g/mol. The van der Waals surface area contributed by atoms with Crippen LogP contribution in [0.5, 0.6) is 0 Å². The maximum atomic E-state index is 5.68. The molecule has 2 heterocycles. The number of aromatic nitrogens is 2. The standard InChI is InChI=1S/C16H21N3O/c1-11-15(12(2)19(3)18-11)8-17-16-10-20-9-13-6-4-5-7-14(13)16/h4-7,16-17H,8-10H2,1-3H3. The molecule has 3 rings (SSSR count). The highest BCUT2D eigenvalue weighted by molar-refractivity contribution is 5.31. The molecule has 0 bridgehead atoms. The second kappa shape index (κ2) is 5.38. The van der Waals surface area contributed by atoms with Crippen LogP contribution in [-0.2, 0) is 24.9 Å². The summed E-state index contributed by atoms with van der Waals surface area (Å²) in [5.74, 6) is 0. The van der Waals surface area contributed by atoms with E-state index in [4.69, 9.17) is 4.74 Å². The molecule has 4 nitrogen and oxygen atoms in total. The molecule has 1 aliphatic heterocycles. The van der Waals surface area contributed by atoms with Gasteiger partial charge in [0.15, 0.2) is 0 Å². The van der Waals surface area contributed by atoms with Gasteiger partial charge in [-0.05, 0) is 25.0 Å². The number of hydrogen-bond acceptors (Lipinski definition) is 3. The van der Waals surface area contributed by atoms with Crippen molar-refractivity contribution in [2.75, 3.05) is 6.61 Å². The highest BCUT2D eigenvalue weighted by atomic mass is 16.5. The minimum atomic E-state index is 0.263. The summed E-state index contributed by atoms with van der Waals surface area (Å²) in [6, 6.07) is 8.76. The first-order chi connectivity index (χ1) is 9.66. The first-order valence-corrected chi connectivity index (χ1v) is 7.05. The van der Waals surface area contributed by atoms with Gasteiger partial charge < -0.3 is 10.1 Å². The fourth-order valence-electron chi connectivity index (χ4n) is 2.85. The largest absolute Gasteiger partial charge is 0.375 e. The van der Waals surface area contributed by atoms with Gasteiger partial charge in [-0.1, -0.05) is 24.3 Å². The zero-order valence-electron chi connectivity index (χ0n) is 12.3. The predicted molar refractivity (Wildman–Crippen MR) is 78.4 cm³/mol. The van der Waals surface area contributed by atoms with Gasteiger partial charge in [0.2, 0.25) is 0 Å². The average Bonchev–Trinajstić information content (AvgIpc) is 2.70. The Balaban J connectivity index is 1.77. The van der Waals surface area contributed by atoms with Crippen LogP contribution in [0.4, 0.5) is 0 Å². The minimum Gasteiger partial charge on any atom is -0.375 e. The van der Waals surface area contributed by atoms with E-state index in [9.17, 15) is 0 Å². The Morgan fingerprint density at radius 3 is 2.90 bits per heavy atom. The Morgan fingerprint density at radius 2 is 2.15 bits per heavy atom. The smallest absolute Gasteiger partial charge is 0.0721 e. The van der Waals surface area contributed by atoms with Gasteiger partial charge in [-0.15, -0.1) is 0 Å². The molecule has 0 fully saturated rings. The van der Waals surface area contributed by atoms with Crippen LogP contribution in [0.25, 0.3) is 0 Å². The molecule has 1 atom stereocenters. The normalized spacial score (nSPS) is 18.1. The van der Waals surface area contributed by atoms with Gasteiger partial charge in [0, 0.05) is 24.8 Å². The van der Waals surface area contributed by atoms with Gasteiger partial charge in [-0.2, -0.15) is 5.10 Å². The van der Waals surface area contributed by atoms with E-state index < -0.39 is 0 Å². The molecule has 0 aliphatic carbocycles. The second-order valence-corrected chi connectivity index (χ2v) is 5.42. The average molecular weight is 271 g/mol. The first kappa shape index (κ1) is 13.3. The predicted octanol–water partition coefficient (Wildman–Crippen LogP) is 2.40. The molecule has 0 spiro atoms. The summed E-state index contributed by atoms with van der Waals surface area (Å²) in [5.41, 5.74) is 6.26. The number of nitrogens with one attached hydrogen (secondary N) is 1. The summed E-state index contributed by atoms with van der Waals surface area (Å²) < 4.78 is 7.62. The van der Waals surface area contributed by atoms with Crippen molar-refractivity contribution in [2.24, 2.45) is 7.05 Å². The molecular formula is C16H21N3O. The zero-order chi connectivity index (χ0) is 14.1.